The van der Waals surface area contributed by atoms with Crippen LogP contribution in [-0.4, -0.2) is 30.9 Å². The molecule has 1 atom stereocenters. The molecule has 1 aromatic rings. The Kier molecular flexibility index (Phi) is 3.97. The summed E-state index contributed by atoms with van der Waals surface area (Å²) >= 11 is 1.44. The molecule has 0 radical (unpaired) electrons. The molecule has 3 rings (SSSR count). The zero-order valence-electron chi connectivity index (χ0n) is 11.2. The van der Waals surface area contributed by atoms with Crippen molar-refractivity contribution in [3.05, 3.63) is 29.8 Å². The first-order valence-electron chi connectivity index (χ1n) is 6.48. The summed E-state index contributed by atoms with van der Waals surface area (Å²) in [5.41, 5.74) is 0.893. The van der Waals surface area contributed by atoms with Crippen molar-refractivity contribution in [3.8, 4) is 0 Å². The molecule has 1 fully saturated rings. The molecule has 2 heterocycles. The minimum atomic E-state index is -0.309. The van der Waals surface area contributed by atoms with Crippen molar-refractivity contribution >= 4 is 17.9 Å². The predicted octanol–water partition coefficient (Wildman–Crippen LogP) is 2.42. The van der Waals surface area contributed by atoms with Gasteiger partial charge in [-0.15, -0.1) is 0 Å². The second-order valence-electron chi connectivity index (χ2n) is 4.60. The SMILES string of the molecule is CC.CN1CCC2(C1)C(=O)NSc1ccccc12. The van der Waals surface area contributed by atoms with E-state index in [2.05, 4.69) is 28.8 Å². The Morgan fingerprint density at radius 2 is 2.06 bits per heavy atom. The lowest BCUT2D eigenvalue weighted by Crippen LogP contribution is -2.46. The fraction of sp³-hybridized carbons (Fsp3) is 0.500. The topological polar surface area (TPSA) is 32.3 Å². The fourth-order valence-corrected chi connectivity index (χ4v) is 3.60. The van der Waals surface area contributed by atoms with Crippen molar-refractivity contribution in [1.29, 1.82) is 0 Å². The molecule has 1 spiro atoms. The molecule has 2 aliphatic heterocycles. The van der Waals surface area contributed by atoms with E-state index in [1.807, 2.05) is 26.0 Å². The molecule has 0 aromatic heterocycles. The average Bonchev–Trinajstić information content (AvgIpc) is 2.81. The van der Waals surface area contributed by atoms with Crippen LogP contribution in [-0.2, 0) is 10.2 Å². The molecular formula is C14H20N2OS. The van der Waals surface area contributed by atoms with Crippen LogP contribution in [0, 0.1) is 0 Å². The van der Waals surface area contributed by atoms with Crippen molar-refractivity contribution in [2.45, 2.75) is 30.6 Å². The number of hydrogen-bond acceptors (Lipinski definition) is 3. The number of rotatable bonds is 0. The van der Waals surface area contributed by atoms with Gasteiger partial charge in [0.05, 0.1) is 5.41 Å². The summed E-state index contributed by atoms with van der Waals surface area (Å²) in [5.74, 6) is 0.167. The number of carbonyl (C=O) groups excluding carboxylic acids is 1. The maximum atomic E-state index is 12.2. The molecule has 1 saturated heterocycles. The number of nitrogens with zero attached hydrogens (tertiary/aromatic N) is 1. The lowest BCUT2D eigenvalue weighted by molar-refractivity contribution is -0.124. The normalized spacial score (nSPS) is 26.3. The largest absolute Gasteiger partial charge is 0.305 e. The van der Waals surface area contributed by atoms with Crippen LogP contribution in [0.3, 0.4) is 0 Å². The average molecular weight is 264 g/mol. The van der Waals surface area contributed by atoms with Gasteiger partial charge < -0.3 is 4.90 Å². The molecule has 0 saturated carbocycles. The monoisotopic (exact) mass is 264 g/mol. The van der Waals surface area contributed by atoms with E-state index in [0.717, 1.165) is 19.5 Å². The van der Waals surface area contributed by atoms with Crippen LogP contribution in [0.4, 0.5) is 0 Å². The maximum absolute atomic E-state index is 12.2. The third-order valence-corrected chi connectivity index (χ3v) is 4.41. The van der Waals surface area contributed by atoms with Crippen LogP contribution in [0.25, 0.3) is 0 Å². The molecule has 2 aliphatic rings. The van der Waals surface area contributed by atoms with Gasteiger partial charge in [-0.25, -0.2) is 0 Å². The Labute approximate surface area is 113 Å². The van der Waals surface area contributed by atoms with Crippen molar-refractivity contribution in [3.63, 3.8) is 0 Å². The van der Waals surface area contributed by atoms with Gasteiger partial charge in [-0.2, -0.15) is 0 Å². The second-order valence-corrected chi connectivity index (χ2v) is 5.45. The summed E-state index contributed by atoms with van der Waals surface area (Å²) < 4.78 is 2.94. The van der Waals surface area contributed by atoms with E-state index in [4.69, 9.17) is 0 Å². The minimum absolute atomic E-state index is 0.167. The Balaban J connectivity index is 0.000000574. The summed E-state index contributed by atoms with van der Waals surface area (Å²) in [5, 5.41) is 0. The lowest BCUT2D eigenvalue weighted by Gasteiger charge is -2.33. The molecule has 4 heteroatoms. The summed E-state index contributed by atoms with van der Waals surface area (Å²) in [7, 11) is 2.08. The number of fused-ring (bicyclic) bond motifs is 2. The van der Waals surface area contributed by atoms with Gasteiger partial charge in [0.1, 0.15) is 0 Å². The molecule has 1 aromatic carbocycles. The first kappa shape index (κ1) is 13.4. The zero-order chi connectivity index (χ0) is 13.2. The van der Waals surface area contributed by atoms with E-state index >= 15 is 0 Å². The van der Waals surface area contributed by atoms with E-state index < -0.39 is 0 Å². The second kappa shape index (κ2) is 5.33. The molecule has 3 nitrogen and oxygen atoms in total. The van der Waals surface area contributed by atoms with Crippen LogP contribution in [0.5, 0.6) is 0 Å². The Morgan fingerprint density at radius 1 is 1.33 bits per heavy atom. The highest BCUT2D eigenvalue weighted by Crippen LogP contribution is 2.42. The number of nitrogens with one attached hydrogen (secondary N) is 1. The minimum Gasteiger partial charge on any atom is -0.305 e. The first-order chi connectivity index (χ1) is 8.72. The van der Waals surface area contributed by atoms with Crippen LogP contribution >= 0.6 is 11.9 Å². The molecule has 98 valence electrons. The van der Waals surface area contributed by atoms with Crippen LogP contribution < -0.4 is 4.72 Å². The van der Waals surface area contributed by atoms with Crippen molar-refractivity contribution < 1.29 is 4.79 Å². The first-order valence-corrected chi connectivity index (χ1v) is 7.29. The zero-order valence-corrected chi connectivity index (χ0v) is 12.0. The summed E-state index contributed by atoms with van der Waals surface area (Å²) in [6.45, 7) is 5.82. The highest BCUT2D eigenvalue weighted by Gasteiger charge is 2.48. The van der Waals surface area contributed by atoms with Crippen molar-refractivity contribution in [1.82, 2.24) is 9.62 Å². The predicted molar refractivity (Wildman–Crippen MR) is 75.6 cm³/mol. The number of benzene rings is 1. The van der Waals surface area contributed by atoms with Gasteiger partial charge in [0, 0.05) is 11.4 Å². The molecule has 1 N–H and O–H groups in total. The van der Waals surface area contributed by atoms with E-state index in [1.54, 1.807) is 0 Å². The van der Waals surface area contributed by atoms with E-state index in [1.165, 1.54) is 22.4 Å². The van der Waals surface area contributed by atoms with Gasteiger partial charge in [-0.1, -0.05) is 32.0 Å². The third-order valence-electron chi connectivity index (χ3n) is 3.55. The number of likely N-dealkylation sites (N-methyl/N-ethyl adjacent to an activating group) is 1. The van der Waals surface area contributed by atoms with Crippen LogP contribution in [0.15, 0.2) is 29.2 Å². The van der Waals surface area contributed by atoms with Gasteiger partial charge in [0.2, 0.25) is 5.91 Å². The number of amides is 1. The summed E-state index contributed by atoms with van der Waals surface area (Å²) in [6.07, 6.45) is 0.924. The van der Waals surface area contributed by atoms with E-state index in [0.29, 0.717) is 0 Å². The van der Waals surface area contributed by atoms with Crippen LogP contribution in [0.2, 0.25) is 0 Å². The van der Waals surface area contributed by atoms with Gasteiger partial charge in [0.25, 0.3) is 0 Å². The molecule has 1 unspecified atom stereocenters. The fourth-order valence-electron chi connectivity index (χ4n) is 2.68. The van der Waals surface area contributed by atoms with E-state index in [-0.39, 0.29) is 11.3 Å². The maximum Gasteiger partial charge on any atom is 0.242 e. The number of carbonyl (C=O) groups is 1. The highest BCUT2D eigenvalue weighted by molar-refractivity contribution is 7.98. The molecule has 0 aliphatic carbocycles. The van der Waals surface area contributed by atoms with E-state index in [9.17, 15) is 4.79 Å². The van der Waals surface area contributed by atoms with Gasteiger partial charge in [-0.3, -0.25) is 9.52 Å². The van der Waals surface area contributed by atoms with Gasteiger partial charge in [0.15, 0.2) is 0 Å². The van der Waals surface area contributed by atoms with Crippen molar-refractivity contribution in [2.24, 2.45) is 0 Å². The molecule has 1 amide bonds. The highest BCUT2D eigenvalue weighted by atomic mass is 32.2. The quantitative estimate of drug-likeness (QED) is 0.730. The molecule has 0 bridgehead atoms. The molecule has 18 heavy (non-hydrogen) atoms. The van der Waals surface area contributed by atoms with Gasteiger partial charge >= 0.3 is 0 Å². The smallest absolute Gasteiger partial charge is 0.242 e. The third kappa shape index (κ3) is 2.04. The van der Waals surface area contributed by atoms with Gasteiger partial charge in [-0.05, 0) is 43.6 Å². The standard InChI is InChI=1S/C12H14N2OS.C2H6/c1-14-7-6-12(8-14)9-4-2-3-5-10(9)16-13-11(12)15;1-2/h2-5H,6-8H2,1H3,(H,13,15);1-2H3. The number of hydrogen-bond donors (Lipinski definition) is 1. The Morgan fingerprint density at radius 3 is 2.72 bits per heavy atom. The molecular weight excluding hydrogens is 244 g/mol. The summed E-state index contributed by atoms with van der Waals surface area (Å²) in [6, 6.07) is 8.23. The van der Waals surface area contributed by atoms with Crippen molar-refractivity contribution in [2.75, 3.05) is 20.1 Å². The summed E-state index contributed by atoms with van der Waals surface area (Å²) in [4.78, 5) is 15.6. The lowest BCUT2D eigenvalue weighted by atomic mass is 9.79. The Hall–Kier alpha value is -1.00. The number of likely N-dealkylation sites (tertiary alicyclic amines) is 1. The Bertz CT molecular complexity index is 449. The van der Waals surface area contributed by atoms with Crippen LogP contribution in [0.1, 0.15) is 25.8 Å².